The minimum absolute atomic E-state index is 0.802. The van der Waals surface area contributed by atoms with Crippen LogP contribution in [0.5, 0.6) is 0 Å². The van der Waals surface area contributed by atoms with Crippen molar-refractivity contribution in [2.24, 2.45) is 0 Å². The van der Waals surface area contributed by atoms with E-state index in [1.807, 2.05) is 36.5 Å². The Labute approximate surface area is 132 Å². The van der Waals surface area contributed by atoms with Gasteiger partial charge in [0.2, 0.25) is 0 Å². The second-order valence-corrected chi connectivity index (χ2v) is 5.58. The van der Waals surface area contributed by atoms with E-state index in [0.29, 0.717) is 0 Å². The first-order valence-electron chi connectivity index (χ1n) is 7.51. The maximum Gasteiger partial charge on any atom is 0.153 e. The molecule has 3 aromatic heterocycles. The number of para-hydroxylation sites is 1. The minimum Gasteiger partial charge on any atom is -0.454 e. The molecule has 0 saturated carbocycles. The van der Waals surface area contributed by atoms with Gasteiger partial charge in [-0.25, -0.2) is 0 Å². The fourth-order valence-corrected chi connectivity index (χ4v) is 2.99. The third-order valence-electron chi connectivity index (χ3n) is 4.16. The zero-order chi connectivity index (χ0) is 15.2. The summed E-state index contributed by atoms with van der Waals surface area (Å²) in [4.78, 5) is 9.08. The molecule has 0 unspecified atom stereocenters. The summed E-state index contributed by atoms with van der Waals surface area (Å²) in [7, 11) is 0. The van der Waals surface area contributed by atoms with E-state index in [2.05, 4.69) is 40.3 Å². The lowest BCUT2D eigenvalue weighted by molar-refractivity contribution is 0.667. The molecule has 0 N–H and O–H groups in total. The van der Waals surface area contributed by atoms with Gasteiger partial charge in [-0.15, -0.1) is 0 Å². The maximum atomic E-state index is 5.83. The van der Waals surface area contributed by atoms with Crippen molar-refractivity contribution >= 4 is 32.7 Å². The smallest absolute Gasteiger partial charge is 0.153 e. The summed E-state index contributed by atoms with van der Waals surface area (Å²) in [6.07, 6.45) is 3.67. The highest BCUT2D eigenvalue weighted by Gasteiger charge is 2.10. The summed E-state index contributed by atoms with van der Waals surface area (Å²) in [6, 6.07) is 20.4. The SMILES string of the molecule is c1ccc2cc(-c3cc4c(cn3)oc3ccccc34)ncc2c1. The van der Waals surface area contributed by atoms with E-state index in [9.17, 15) is 0 Å². The quantitative estimate of drug-likeness (QED) is 0.427. The average Bonchev–Trinajstić information content (AvgIpc) is 2.99. The molecule has 0 amide bonds. The first-order valence-corrected chi connectivity index (χ1v) is 7.51. The zero-order valence-corrected chi connectivity index (χ0v) is 12.2. The van der Waals surface area contributed by atoms with Gasteiger partial charge in [0.15, 0.2) is 5.58 Å². The normalized spacial score (nSPS) is 11.5. The Balaban J connectivity index is 1.76. The Bertz CT molecular complexity index is 1170. The van der Waals surface area contributed by atoms with Crippen molar-refractivity contribution in [2.75, 3.05) is 0 Å². The Hall–Kier alpha value is -3.20. The third-order valence-corrected chi connectivity index (χ3v) is 4.16. The molecule has 0 saturated heterocycles. The van der Waals surface area contributed by atoms with E-state index < -0.39 is 0 Å². The van der Waals surface area contributed by atoms with Crippen molar-refractivity contribution in [2.45, 2.75) is 0 Å². The molecule has 3 heteroatoms. The Morgan fingerprint density at radius 1 is 0.609 bits per heavy atom. The number of aromatic nitrogens is 2. The van der Waals surface area contributed by atoms with Crippen LogP contribution < -0.4 is 0 Å². The minimum atomic E-state index is 0.802. The number of rotatable bonds is 1. The Morgan fingerprint density at radius 2 is 1.35 bits per heavy atom. The lowest BCUT2D eigenvalue weighted by atomic mass is 10.1. The van der Waals surface area contributed by atoms with E-state index in [1.165, 1.54) is 0 Å². The summed E-state index contributed by atoms with van der Waals surface area (Å²) >= 11 is 0. The highest BCUT2D eigenvalue weighted by molar-refractivity contribution is 6.05. The van der Waals surface area contributed by atoms with Crippen molar-refractivity contribution in [1.82, 2.24) is 9.97 Å². The van der Waals surface area contributed by atoms with Crippen molar-refractivity contribution in [3.05, 3.63) is 73.1 Å². The number of nitrogens with zero attached hydrogens (tertiary/aromatic N) is 2. The zero-order valence-electron chi connectivity index (χ0n) is 12.2. The van der Waals surface area contributed by atoms with E-state index >= 15 is 0 Å². The Kier molecular flexibility index (Phi) is 2.50. The van der Waals surface area contributed by atoms with Crippen LogP contribution in [0, 0.1) is 0 Å². The number of pyridine rings is 2. The summed E-state index contributed by atoms with van der Waals surface area (Å²) in [6.45, 7) is 0. The summed E-state index contributed by atoms with van der Waals surface area (Å²) < 4.78 is 5.83. The molecule has 0 bridgehead atoms. The molecule has 0 aliphatic carbocycles. The lowest BCUT2D eigenvalue weighted by Gasteiger charge is -2.02. The number of hydrogen-bond acceptors (Lipinski definition) is 3. The predicted molar refractivity (Wildman–Crippen MR) is 92.3 cm³/mol. The van der Waals surface area contributed by atoms with Crippen LogP contribution in [0.2, 0.25) is 0 Å². The number of hydrogen-bond donors (Lipinski definition) is 0. The second-order valence-electron chi connectivity index (χ2n) is 5.58. The van der Waals surface area contributed by atoms with Gasteiger partial charge in [-0.1, -0.05) is 42.5 Å². The van der Waals surface area contributed by atoms with Crippen molar-refractivity contribution in [3.8, 4) is 11.4 Å². The molecule has 0 spiro atoms. The molecule has 2 aromatic carbocycles. The van der Waals surface area contributed by atoms with Crippen molar-refractivity contribution in [1.29, 1.82) is 0 Å². The van der Waals surface area contributed by atoms with Gasteiger partial charge in [-0.3, -0.25) is 9.97 Å². The van der Waals surface area contributed by atoms with Crippen LogP contribution in [0.3, 0.4) is 0 Å². The van der Waals surface area contributed by atoms with Crippen molar-refractivity contribution in [3.63, 3.8) is 0 Å². The molecule has 5 aromatic rings. The van der Waals surface area contributed by atoms with Crippen LogP contribution in [0.25, 0.3) is 44.1 Å². The van der Waals surface area contributed by atoms with E-state index in [-0.39, 0.29) is 0 Å². The summed E-state index contributed by atoms with van der Waals surface area (Å²) in [5.41, 5.74) is 3.41. The topological polar surface area (TPSA) is 38.9 Å². The molecule has 5 rings (SSSR count). The van der Waals surface area contributed by atoms with E-state index in [1.54, 1.807) is 6.20 Å². The molecule has 3 heterocycles. The van der Waals surface area contributed by atoms with Crippen LogP contribution >= 0.6 is 0 Å². The molecule has 23 heavy (non-hydrogen) atoms. The van der Waals surface area contributed by atoms with Crippen molar-refractivity contribution < 1.29 is 4.42 Å². The molecule has 0 aliphatic rings. The van der Waals surface area contributed by atoms with Crippen LogP contribution in [-0.2, 0) is 0 Å². The van der Waals surface area contributed by atoms with Crippen LogP contribution in [-0.4, -0.2) is 9.97 Å². The van der Waals surface area contributed by atoms with Gasteiger partial charge in [0, 0.05) is 22.4 Å². The fourth-order valence-electron chi connectivity index (χ4n) is 2.99. The third kappa shape index (κ3) is 1.90. The molecular weight excluding hydrogens is 284 g/mol. The molecule has 0 aliphatic heterocycles. The van der Waals surface area contributed by atoms with Gasteiger partial charge in [0.05, 0.1) is 17.6 Å². The van der Waals surface area contributed by atoms with Crippen LogP contribution in [0.1, 0.15) is 0 Å². The number of fused-ring (bicyclic) bond motifs is 4. The number of furan rings is 1. The number of benzene rings is 2. The monoisotopic (exact) mass is 296 g/mol. The highest BCUT2D eigenvalue weighted by Crippen LogP contribution is 2.30. The molecule has 0 fully saturated rings. The molecular formula is C20H12N2O. The fraction of sp³-hybridized carbons (Fsp3) is 0. The molecule has 108 valence electrons. The van der Waals surface area contributed by atoms with Gasteiger partial charge in [0.25, 0.3) is 0 Å². The van der Waals surface area contributed by atoms with E-state index in [0.717, 1.165) is 44.1 Å². The molecule has 3 nitrogen and oxygen atoms in total. The standard InChI is InChI=1S/C20H12N2O/c1-2-6-14-11-21-17(9-13(14)5-1)18-10-16-15-7-3-4-8-19(15)23-20(16)12-22-18/h1-12H. The Morgan fingerprint density at radius 3 is 2.30 bits per heavy atom. The first kappa shape index (κ1) is 12.4. The summed E-state index contributed by atoms with van der Waals surface area (Å²) in [5.74, 6) is 0. The van der Waals surface area contributed by atoms with Crippen LogP contribution in [0.4, 0.5) is 0 Å². The maximum absolute atomic E-state index is 5.83. The van der Waals surface area contributed by atoms with Gasteiger partial charge in [-0.05, 0) is 23.6 Å². The van der Waals surface area contributed by atoms with Gasteiger partial charge in [0.1, 0.15) is 5.58 Å². The second kappa shape index (κ2) is 4.65. The largest absolute Gasteiger partial charge is 0.454 e. The highest BCUT2D eigenvalue weighted by atomic mass is 16.3. The molecule has 0 atom stereocenters. The first-order chi connectivity index (χ1) is 11.4. The lowest BCUT2D eigenvalue weighted by Crippen LogP contribution is -1.87. The van der Waals surface area contributed by atoms with Gasteiger partial charge in [-0.2, -0.15) is 0 Å². The van der Waals surface area contributed by atoms with E-state index in [4.69, 9.17) is 4.42 Å². The summed E-state index contributed by atoms with van der Waals surface area (Å²) in [5, 5.41) is 4.47. The predicted octanol–water partition coefficient (Wildman–Crippen LogP) is 5.20. The van der Waals surface area contributed by atoms with Gasteiger partial charge >= 0.3 is 0 Å². The average molecular weight is 296 g/mol. The van der Waals surface area contributed by atoms with Gasteiger partial charge < -0.3 is 4.42 Å². The van der Waals surface area contributed by atoms with Crippen LogP contribution in [0.15, 0.2) is 77.5 Å². The molecule has 0 radical (unpaired) electrons.